The van der Waals surface area contributed by atoms with Crippen molar-refractivity contribution >= 4 is 0 Å². The molecule has 1 aromatic rings. The molecule has 0 radical (unpaired) electrons. The lowest BCUT2D eigenvalue weighted by atomic mass is 10.0. The fourth-order valence-corrected chi connectivity index (χ4v) is 2.13. The lowest BCUT2D eigenvalue weighted by Crippen LogP contribution is -2.17. The predicted molar refractivity (Wildman–Crippen MR) is 71.0 cm³/mol. The van der Waals surface area contributed by atoms with E-state index in [2.05, 4.69) is 12.2 Å². The minimum atomic E-state index is -0.543. The van der Waals surface area contributed by atoms with E-state index in [9.17, 15) is 5.11 Å². The molecule has 2 rings (SSSR count). The van der Waals surface area contributed by atoms with Gasteiger partial charge < -0.3 is 14.6 Å². The molecule has 0 aromatic heterocycles. The smallest absolute Gasteiger partial charge is 0.129 e. The van der Waals surface area contributed by atoms with Crippen LogP contribution in [-0.4, -0.2) is 18.3 Å². The third kappa shape index (κ3) is 3.05. The van der Waals surface area contributed by atoms with E-state index in [-0.39, 0.29) is 6.10 Å². The summed E-state index contributed by atoms with van der Waals surface area (Å²) in [4.78, 5) is 0. The van der Waals surface area contributed by atoms with Crippen LogP contribution in [-0.2, 0) is 0 Å². The van der Waals surface area contributed by atoms with Gasteiger partial charge in [0.15, 0.2) is 0 Å². The van der Waals surface area contributed by atoms with Crippen molar-refractivity contribution in [2.45, 2.75) is 38.4 Å². The second-order valence-electron chi connectivity index (χ2n) is 4.60. The zero-order chi connectivity index (χ0) is 13.0. The highest BCUT2D eigenvalue weighted by molar-refractivity contribution is 5.42. The molecular formula is C15H20O3. The van der Waals surface area contributed by atoms with E-state index in [4.69, 9.17) is 9.47 Å². The highest BCUT2D eigenvalue weighted by atomic mass is 16.5. The van der Waals surface area contributed by atoms with Crippen LogP contribution >= 0.6 is 0 Å². The third-order valence-corrected chi connectivity index (χ3v) is 3.16. The lowest BCUT2D eigenvalue weighted by Gasteiger charge is -2.21. The Bertz CT molecular complexity index is 424. The molecule has 0 fully saturated rings. The zero-order valence-corrected chi connectivity index (χ0v) is 10.9. The first-order valence-electron chi connectivity index (χ1n) is 6.40. The van der Waals surface area contributed by atoms with Crippen molar-refractivity contribution in [1.29, 1.82) is 0 Å². The van der Waals surface area contributed by atoms with E-state index in [0.717, 1.165) is 30.6 Å². The van der Waals surface area contributed by atoms with Gasteiger partial charge in [0.1, 0.15) is 17.6 Å². The Kier molecular flexibility index (Phi) is 4.26. The highest BCUT2D eigenvalue weighted by Crippen LogP contribution is 2.31. The maximum absolute atomic E-state index is 9.76. The van der Waals surface area contributed by atoms with Crippen LogP contribution in [0, 0.1) is 0 Å². The van der Waals surface area contributed by atoms with Gasteiger partial charge in [0.05, 0.1) is 13.2 Å². The molecule has 1 aromatic carbocycles. The summed E-state index contributed by atoms with van der Waals surface area (Å²) in [5.41, 5.74) is 0.801. The largest absolute Gasteiger partial charge is 0.497 e. The van der Waals surface area contributed by atoms with Crippen molar-refractivity contribution in [3.63, 3.8) is 0 Å². The van der Waals surface area contributed by atoms with Gasteiger partial charge in [-0.05, 0) is 44.4 Å². The number of ether oxygens (including phenoxy) is 2. The van der Waals surface area contributed by atoms with Gasteiger partial charge in [-0.2, -0.15) is 0 Å². The summed E-state index contributed by atoms with van der Waals surface area (Å²) in [6.07, 6.45) is 7.09. The quantitative estimate of drug-likeness (QED) is 0.831. The molecule has 0 amide bonds. The average Bonchev–Trinajstić information content (AvgIpc) is 2.39. The molecule has 0 saturated heterocycles. The number of hydrogen-bond acceptors (Lipinski definition) is 3. The molecule has 0 spiro atoms. The molecule has 3 heteroatoms. The maximum Gasteiger partial charge on any atom is 0.129 e. The van der Waals surface area contributed by atoms with Gasteiger partial charge in [-0.15, -0.1) is 0 Å². The number of methoxy groups -OCH3 is 1. The molecule has 1 aliphatic rings. The summed E-state index contributed by atoms with van der Waals surface area (Å²) < 4.78 is 11.2. The number of allylic oxidation sites excluding steroid dienone is 1. The standard InChI is InChI=1S/C15H20O3/c1-11(16)14-9-8-13(17-2)10-15(14)18-12-6-4-3-5-7-12/h4,6,8-12,16H,3,5,7H2,1-2H3/t11-,12?/m0/s1. The van der Waals surface area contributed by atoms with Crippen LogP contribution in [0.1, 0.15) is 37.9 Å². The predicted octanol–water partition coefficient (Wildman–Crippen LogP) is 3.24. The summed E-state index contributed by atoms with van der Waals surface area (Å²) >= 11 is 0. The molecule has 2 atom stereocenters. The topological polar surface area (TPSA) is 38.7 Å². The van der Waals surface area contributed by atoms with Crippen LogP contribution in [0.25, 0.3) is 0 Å². The van der Waals surface area contributed by atoms with Crippen molar-refractivity contribution in [2.24, 2.45) is 0 Å². The normalized spacial score (nSPS) is 20.5. The molecule has 0 bridgehead atoms. The molecule has 0 aliphatic heterocycles. The maximum atomic E-state index is 9.76. The Morgan fingerprint density at radius 1 is 1.39 bits per heavy atom. The summed E-state index contributed by atoms with van der Waals surface area (Å²) in [6.45, 7) is 1.74. The number of hydrogen-bond donors (Lipinski definition) is 1. The average molecular weight is 248 g/mol. The van der Waals surface area contributed by atoms with Gasteiger partial charge in [0, 0.05) is 11.6 Å². The van der Waals surface area contributed by atoms with Gasteiger partial charge >= 0.3 is 0 Å². The van der Waals surface area contributed by atoms with Crippen molar-refractivity contribution in [1.82, 2.24) is 0 Å². The first kappa shape index (κ1) is 13.0. The van der Waals surface area contributed by atoms with Crippen LogP contribution in [0.2, 0.25) is 0 Å². The van der Waals surface area contributed by atoms with Crippen LogP contribution in [0.5, 0.6) is 11.5 Å². The summed E-state index contributed by atoms with van der Waals surface area (Å²) in [7, 11) is 1.63. The fraction of sp³-hybridized carbons (Fsp3) is 0.467. The van der Waals surface area contributed by atoms with Gasteiger partial charge in [0.2, 0.25) is 0 Å². The minimum absolute atomic E-state index is 0.100. The van der Waals surface area contributed by atoms with Gasteiger partial charge in [0.25, 0.3) is 0 Å². The van der Waals surface area contributed by atoms with E-state index >= 15 is 0 Å². The fourth-order valence-electron chi connectivity index (χ4n) is 2.13. The van der Waals surface area contributed by atoms with Gasteiger partial charge in [-0.1, -0.05) is 6.08 Å². The zero-order valence-electron chi connectivity index (χ0n) is 10.9. The van der Waals surface area contributed by atoms with E-state index in [0.29, 0.717) is 5.75 Å². The Morgan fingerprint density at radius 3 is 2.83 bits per heavy atom. The SMILES string of the molecule is COc1ccc([C@H](C)O)c(OC2C=CCCC2)c1. The highest BCUT2D eigenvalue weighted by Gasteiger charge is 2.15. The second-order valence-corrected chi connectivity index (χ2v) is 4.60. The molecule has 18 heavy (non-hydrogen) atoms. The molecule has 98 valence electrons. The first-order valence-corrected chi connectivity index (χ1v) is 6.40. The molecular weight excluding hydrogens is 228 g/mol. The molecule has 3 nitrogen and oxygen atoms in total. The molecule has 1 aliphatic carbocycles. The van der Waals surface area contributed by atoms with Crippen LogP contribution < -0.4 is 9.47 Å². The van der Waals surface area contributed by atoms with Crippen molar-refractivity contribution in [3.05, 3.63) is 35.9 Å². The first-order chi connectivity index (χ1) is 8.70. The molecule has 1 unspecified atom stereocenters. The Hall–Kier alpha value is -1.48. The second kappa shape index (κ2) is 5.91. The van der Waals surface area contributed by atoms with Gasteiger partial charge in [-0.25, -0.2) is 0 Å². The Balaban J connectivity index is 2.22. The van der Waals surface area contributed by atoms with E-state index in [1.807, 2.05) is 18.2 Å². The third-order valence-electron chi connectivity index (χ3n) is 3.16. The van der Waals surface area contributed by atoms with Crippen molar-refractivity contribution in [2.75, 3.05) is 7.11 Å². The number of aliphatic hydroxyl groups excluding tert-OH is 1. The number of aliphatic hydroxyl groups is 1. The van der Waals surface area contributed by atoms with Gasteiger partial charge in [-0.3, -0.25) is 0 Å². The Labute approximate surface area is 108 Å². The molecule has 0 heterocycles. The van der Waals surface area contributed by atoms with Crippen LogP contribution in [0.3, 0.4) is 0 Å². The van der Waals surface area contributed by atoms with E-state index in [1.54, 1.807) is 14.0 Å². The van der Waals surface area contributed by atoms with Crippen LogP contribution in [0.15, 0.2) is 30.4 Å². The molecule has 0 saturated carbocycles. The monoisotopic (exact) mass is 248 g/mol. The lowest BCUT2D eigenvalue weighted by molar-refractivity contribution is 0.180. The van der Waals surface area contributed by atoms with Crippen molar-refractivity contribution < 1.29 is 14.6 Å². The van der Waals surface area contributed by atoms with E-state index < -0.39 is 6.10 Å². The summed E-state index contributed by atoms with van der Waals surface area (Å²) in [5.74, 6) is 1.45. The summed E-state index contributed by atoms with van der Waals surface area (Å²) in [6, 6.07) is 5.53. The number of rotatable bonds is 4. The van der Waals surface area contributed by atoms with Crippen molar-refractivity contribution in [3.8, 4) is 11.5 Å². The van der Waals surface area contributed by atoms with E-state index in [1.165, 1.54) is 0 Å². The molecule has 1 N–H and O–H groups in total. The number of benzene rings is 1. The summed E-state index contributed by atoms with van der Waals surface area (Å²) in [5, 5.41) is 9.76. The van der Waals surface area contributed by atoms with Crippen LogP contribution in [0.4, 0.5) is 0 Å². The minimum Gasteiger partial charge on any atom is -0.497 e. The Morgan fingerprint density at radius 2 is 2.22 bits per heavy atom.